The minimum Gasteiger partial charge on any atom is -0.633 e. The number of unbranched alkanes of at least 4 members (excludes halogenated alkanes) is 16. The van der Waals surface area contributed by atoms with Crippen LogP contribution in [0.3, 0.4) is 0 Å². The molecule has 0 aromatic carbocycles. The van der Waals surface area contributed by atoms with E-state index in [9.17, 15) is 5.21 Å². The molecule has 2 heteroatoms. The standard InChI is InChI=1S/C23H49NO/c1-4-6-8-10-12-14-15-17-19-21-23-24(3,25)22-20-18-16-13-11-9-7-5-2/h4-23H2,1-3H3. The van der Waals surface area contributed by atoms with Crippen LogP contribution in [0.15, 0.2) is 0 Å². The van der Waals surface area contributed by atoms with Crippen LogP contribution < -0.4 is 0 Å². The van der Waals surface area contributed by atoms with Gasteiger partial charge in [0.2, 0.25) is 0 Å². The molecule has 0 aliphatic rings. The van der Waals surface area contributed by atoms with Crippen LogP contribution in [0.4, 0.5) is 0 Å². The maximum Gasteiger partial charge on any atom is 0.0781 e. The second kappa shape index (κ2) is 18.7. The summed E-state index contributed by atoms with van der Waals surface area (Å²) in [4.78, 5) is 0. The summed E-state index contributed by atoms with van der Waals surface area (Å²) in [6.07, 6.45) is 24.0. The largest absolute Gasteiger partial charge is 0.633 e. The summed E-state index contributed by atoms with van der Waals surface area (Å²) in [5, 5.41) is 12.4. The maximum atomic E-state index is 12.4. The number of rotatable bonds is 20. The molecule has 0 aromatic heterocycles. The van der Waals surface area contributed by atoms with Crippen LogP contribution in [0.5, 0.6) is 0 Å². The quantitative estimate of drug-likeness (QED) is 0.123. The van der Waals surface area contributed by atoms with E-state index in [1.54, 1.807) is 0 Å². The molecule has 0 rings (SSSR count). The third-order valence-corrected chi connectivity index (χ3v) is 5.47. The molecule has 0 radical (unpaired) electrons. The fourth-order valence-corrected chi connectivity index (χ4v) is 3.63. The number of quaternary nitrogens is 1. The molecular weight excluding hydrogens is 306 g/mol. The molecule has 152 valence electrons. The topological polar surface area (TPSA) is 23.1 Å². The van der Waals surface area contributed by atoms with Crippen LogP contribution >= 0.6 is 0 Å². The average Bonchev–Trinajstić information content (AvgIpc) is 2.59. The first kappa shape index (κ1) is 24.9. The first-order valence-electron chi connectivity index (χ1n) is 11.7. The van der Waals surface area contributed by atoms with Gasteiger partial charge in [-0.25, -0.2) is 0 Å². The average molecular weight is 356 g/mol. The van der Waals surface area contributed by atoms with E-state index < -0.39 is 0 Å². The molecule has 0 aromatic rings. The second-order valence-corrected chi connectivity index (χ2v) is 8.40. The van der Waals surface area contributed by atoms with Crippen molar-refractivity contribution >= 4 is 0 Å². The molecular formula is C23H49NO. The van der Waals surface area contributed by atoms with Crippen LogP contribution in [0.1, 0.15) is 129 Å². The van der Waals surface area contributed by atoms with E-state index >= 15 is 0 Å². The van der Waals surface area contributed by atoms with Gasteiger partial charge in [0, 0.05) is 0 Å². The van der Waals surface area contributed by atoms with Crippen molar-refractivity contribution in [1.29, 1.82) is 0 Å². The van der Waals surface area contributed by atoms with Crippen molar-refractivity contribution in [3.63, 3.8) is 0 Å². The van der Waals surface area contributed by atoms with E-state index in [1.165, 1.54) is 103 Å². The van der Waals surface area contributed by atoms with Gasteiger partial charge in [-0.1, -0.05) is 104 Å². The minimum atomic E-state index is -0.00709. The molecule has 0 fully saturated rings. The highest BCUT2D eigenvalue weighted by Crippen LogP contribution is 2.14. The van der Waals surface area contributed by atoms with E-state index in [0.29, 0.717) is 0 Å². The molecule has 0 aliphatic carbocycles. The normalized spacial score (nSPS) is 13.9. The molecule has 0 heterocycles. The zero-order valence-corrected chi connectivity index (χ0v) is 18.0. The van der Waals surface area contributed by atoms with Crippen molar-refractivity contribution in [2.24, 2.45) is 0 Å². The zero-order valence-electron chi connectivity index (χ0n) is 18.0. The van der Waals surface area contributed by atoms with Gasteiger partial charge in [0.25, 0.3) is 0 Å². The maximum absolute atomic E-state index is 12.4. The van der Waals surface area contributed by atoms with Crippen LogP contribution in [0.2, 0.25) is 0 Å². The lowest BCUT2D eigenvalue weighted by Gasteiger charge is -2.39. The Morgan fingerprint density at radius 2 is 0.680 bits per heavy atom. The number of hydroxylamine groups is 3. The summed E-state index contributed by atoms with van der Waals surface area (Å²) >= 11 is 0. The van der Waals surface area contributed by atoms with Gasteiger partial charge in [-0.2, -0.15) is 0 Å². The van der Waals surface area contributed by atoms with Crippen LogP contribution in [0.25, 0.3) is 0 Å². The van der Waals surface area contributed by atoms with Gasteiger partial charge < -0.3 is 9.85 Å². The first-order chi connectivity index (χ1) is 12.1. The summed E-state index contributed by atoms with van der Waals surface area (Å²) < 4.78 is -0.00709. The molecule has 1 atom stereocenters. The van der Waals surface area contributed by atoms with Gasteiger partial charge in [0.05, 0.1) is 20.1 Å². The van der Waals surface area contributed by atoms with E-state index in [-0.39, 0.29) is 4.65 Å². The molecule has 0 bridgehead atoms. The Labute approximate surface area is 159 Å². The summed E-state index contributed by atoms with van der Waals surface area (Å²) in [5.41, 5.74) is 0. The highest BCUT2D eigenvalue weighted by Gasteiger charge is 2.09. The highest BCUT2D eigenvalue weighted by molar-refractivity contribution is 4.50. The number of hydrogen-bond donors (Lipinski definition) is 0. The minimum absolute atomic E-state index is 0.00709. The Kier molecular flexibility index (Phi) is 18.6. The summed E-state index contributed by atoms with van der Waals surface area (Å²) in [5.74, 6) is 0. The molecule has 2 nitrogen and oxygen atoms in total. The van der Waals surface area contributed by atoms with Gasteiger partial charge in [-0.15, -0.1) is 0 Å². The lowest BCUT2D eigenvalue weighted by atomic mass is 10.1. The summed E-state index contributed by atoms with van der Waals surface area (Å²) in [6.45, 7) is 6.19. The molecule has 0 spiro atoms. The monoisotopic (exact) mass is 355 g/mol. The van der Waals surface area contributed by atoms with E-state index in [0.717, 1.165) is 25.9 Å². The predicted octanol–water partition coefficient (Wildman–Crippen LogP) is 7.99. The van der Waals surface area contributed by atoms with Crippen LogP contribution in [-0.2, 0) is 0 Å². The molecule has 25 heavy (non-hydrogen) atoms. The van der Waals surface area contributed by atoms with Gasteiger partial charge in [0.15, 0.2) is 0 Å². The summed E-state index contributed by atoms with van der Waals surface area (Å²) in [6, 6.07) is 0. The molecule has 0 N–H and O–H groups in total. The Morgan fingerprint density at radius 1 is 0.440 bits per heavy atom. The number of hydrogen-bond acceptors (Lipinski definition) is 1. The molecule has 0 saturated carbocycles. The fraction of sp³-hybridized carbons (Fsp3) is 1.00. The fourth-order valence-electron chi connectivity index (χ4n) is 3.63. The van der Waals surface area contributed by atoms with E-state index in [4.69, 9.17) is 0 Å². The van der Waals surface area contributed by atoms with Crippen molar-refractivity contribution in [3.8, 4) is 0 Å². The third kappa shape index (κ3) is 20.1. The van der Waals surface area contributed by atoms with Gasteiger partial charge in [0.1, 0.15) is 0 Å². The van der Waals surface area contributed by atoms with Gasteiger partial charge in [-0.05, 0) is 25.7 Å². The van der Waals surface area contributed by atoms with Gasteiger partial charge in [-0.3, -0.25) is 0 Å². The molecule has 0 saturated heterocycles. The van der Waals surface area contributed by atoms with Crippen molar-refractivity contribution in [3.05, 3.63) is 5.21 Å². The molecule has 1 unspecified atom stereocenters. The van der Waals surface area contributed by atoms with Crippen molar-refractivity contribution < 1.29 is 4.65 Å². The molecule has 0 aliphatic heterocycles. The lowest BCUT2D eigenvalue weighted by molar-refractivity contribution is -0.861. The lowest BCUT2D eigenvalue weighted by Crippen LogP contribution is -2.39. The third-order valence-electron chi connectivity index (χ3n) is 5.47. The first-order valence-corrected chi connectivity index (χ1v) is 11.7. The smallest absolute Gasteiger partial charge is 0.0781 e. The predicted molar refractivity (Wildman–Crippen MR) is 114 cm³/mol. The number of nitrogens with zero attached hydrogens (tertiary/aromatic N) is 1. The molecule has 0 amide bonds. The highest BCUT2D eigenvalue weighted by atomic mass is 16.5. The summed E-state index contributed by atoms with van der Waals surface area (Å²) in [7, 11) is 1.88. The SMILES string of the molecule is CCCCCCCCCCCC[N+](C)([O-])CCCCCCCCCC. The van der Waals surface area contributed by atoms with Crippen molar-refractivity contribution in [1.82, 2.24) is 0 Å². The van der Waals surface area contributed by atoms with Crippen molar-refractivity contribution in [2.75, 3.05) is 20.1 Å². The van der Waals surface area contributed by atoms with E-state index in [1.807, 2.05) is 7.05 Å². The Bertz CT molecular complexity index is 252. The van der Waals surface area contributed by atoms with Crippen molar-refractivity contribution in [2.45, 2.75) is 129 Å². The van der Waals surface area contributed by atoms with Crippen LogP contribution in [0, 0.1) is 5.21 Å². The Balaban J connectivity index is 3.32. The van der Waals surface area contributed by atoms with Crippen LogP contribution in [-0.4, -0.2) is 24.8 Å². The Hall–Kier alpha value is -0.0800. The second-order valence-electron chi connectivity index (χ2n) is 8.40. The zero-order chi connectivity index (χ0) is 18.6. The van der Waals surface area contributed by atoms with Gasteiger partial charge >= 0.3 is 0 Å². The Morgan fingerprint density at radius 3 is 0.960 bits per heavy atom. The van der Waals surface area contributed by atoms with E-state index in [2.05, 4.69) is 13.8 Å².